The van der Waals surface area contributed by atoms with Crippen LogP contribution in [-0.4, -0.2) is 23.7 Å². The molecule has 6 heteroatoms. The number of nitrogens with two attached hydrogens (primary N) is 2. The van der Waals surface area contributed by atoms with Crippen LogP contribution in [0.5, 0.6) is 0 Å². The van der Waals surface area contributed by atoms with Crippen LogP contribution in [0.25, 0.3) is 11.1 Å². The highest BCUT2D eigenvalue weighted by molar-refractivity contribution is 5.77. The van der Waals surface area contributed by atoms with Crippen LogP contribution in [-0.2, 0) is 7.05 Å². The molecular formula is C11H16N4O2. The maximum atomic E-state index is 11.3. The van der Waals surface area contributed by atoms with E-state index in [1.807, 2.05) is 12.1 Å². The van der Waals surface area contributed by atoms with Crippen LogP contribution in [0.15, 0.2) is 27.4 Å². The quantitative estimate of drug-likeness (QED) is 0.684. The average molecular weight is 236 g/mol. The second-order valence-corrected chi connectivity index (χ2v) is 3.99. The number of aryl methyl sites for hydroxylation is 1. The SMILES string of the molecule is Cn1c(=O)oc2ccc(NCC(N)CN)cc21. The fourth-order valence-electron chi connectivity index (χ4n) is 1.57. The van der Waals surface area contributed by atoms with Gasteiger partial charge in [-0.2, -0.15) is 0 Å². The van der Waals surface area contributed by atoms with E-state index in [0.29, 0.717) is 18.7 Å². The summed E-state index contributed by atoms with van der Waals surface area (Å²) in [5, 5.41) is 3.16. The number of hydrogen-bond donors (Lipinski definition) is 3. The summed E-state index contributed by atoms with van der Waals surface area (Å²) in [6, 6.07) is 5.37. The summed E-state index contributed by atoms with van der Waals surface area (Å²) in [5.74, 6) is -0.365. The summed E-state index contributed by atoms with van der Waals surface area (Å²) < 4.78 is 6.50. The Morgan fingerprint density at radius 2 is 2.29 bits per heavy atom. The van der Waals surface area contributed by atoms with E-state index >= 15 is 0 Å². The van der Waals surface area contributed by atoms with E-state index in [1.165, 1.54) is 4.57 Å². The molecule has 92 valence electrons. The Bertz CT molecular complexity index is 572. The van der Waals surface area contributed by atoms with Crippen molar-refractivity contribution in [1.29, 1.82) is 0 Å². The molecule has 1 unspecified atom stereocenters. The Labute approximate surface area is 98.2 Å². The fourth-order valence-corrected chi connectivity index (χ4v) is 1.57. The lowest BCUT2D eigenvalue weighted by Gasteiger charge is -2.11. The number of oxazole rings is 1. The van der Waals surface area contributed by atoms with Crippen LogP contribution < -0.4 is 22.5 Å². The van der Waals surface area contributed by atoms with Crippen molar-refractivity contribution in [3.63, 3.8) is 0 Å². The van der Waals surface area contributed by atoms with Gasteiger partial charge < -0.3 is 21.2 Å². The monoisotopic (exact) mass is 236 g/mol. The molecule has 0 aliphatic carbocycles. The lowest BCUT2D eigenvalue weighted by atomic mass is 10.2. The average Bonchev–Trinajstić information content (AvgIpc) is 2.62. The smallest absolute Gasteiger partial charge is 0.408 e. The predicted octanol–water partition coefficient (Wildman–Crippen LogP) is -0.171. The minimum Gasteiger partial charge on any atom is -0.408 e. The largest absolute Gasteiger partial charge is 0.419 e. The summed E-state index contributed by atoms with van der Waals surface area (Å²) in [5.41, 5.74) is 13.3. The van der Waals surface area contributed by atoms with E-state index in [-0.39, 0.29) is 11.8 Å². The number of nitrogens with zero attached hydrogens (tertiary/aromatic N) is 1. The standard InChI is InChI=1S/C11H16N4O2/c1-15-9-4-8(14-6-7(13)5-12)2-3-10(9)17-11(15)16/h2-4,7,14H,5-6,12-13H2,1H3. The highest BCUT2D eigenvalue weighted by Gasteiger charge is 2.06. The first-order chi connectivity index (χ1) is 8.11. The highest BCUT2D eigenvalue weighted by Crippen LogP contribution is 2.17. The van der Waals surface area contributed by atoms with Crippen molar-refractivity contribution in [1.82, 2.24) is 4.57 Å². The van der Waals surface area contributed by atoms with E-state index in [2.05, 4.69) is 5.32 Å². The molecular weight excluding hydrogens is 220 g/mol. The third kappa shape index (κ3) is 2.32. The minimum absolute atomic E-state index is 0.0844. The number of aromatic nitrogens is 1. The molecule has 0 amide bonds. The van der Waals surface area contributed by atoms with Crippen LogP contribution in [0.3, 0.4) is 0 Å². The van der Waals surface area contributed by atoms with Gasteiger partial charge in [0.15, 0.2) is 5.58 Å². The summed E-state index contributed by atoms with van der Waals surface area (Å²) in [6.07, 6.45) is 0. The van der Waals surface area contributed by atoms with Crippen molar-refractivity contribution in [2.75, 3.05) is 18.4 Å². The Kier molecular flexibility index (Phi) is 3.16. The molecule has 0 aliphatic rings. The van der Waals surface area contributed by atoms with Gasteiger partial charge in [-0.05, 0) is 18.2 Å². The van der Waals surface area contributed by atoms with Crippen LogP contribution in [0, 0.1) is 0 Å². The van der Waals surface area contributed by atoms with Gasteiger partial charge in [-0.15, -0.1) is 0 Å². The third-order valence-electron chi connectivity index (χ3n) is 2.66. The van der Waals surface area contributed by atoms with E-state index < -0.39 is 0 Å². The molecule has 0 radical (unpaired) electrons. The first-order valence-corrected chi connectivity index (χ1v) is 5.41. The molecule has 2 rings (SSSR count). The van der Waals surface area contributed by atoms with E-state index in [1.54, 1.807) is 13.1 Å². The first kappa shape index (κ1) is 11.7. The summed E-state index contributed by atoms with van der Waals surface area (Å²) in [7, 11) is 1.67. The van der Waals surface area contributed by atoms with E-state index in [0.717, 1.165) is 11.2 Å². The molecule has 1 heterocycles. The topological polar surface area (TPSA) is 99.2 Å². The summed E-state index contributed by atoms with van der Waals surface area (Å²) in [6.45, 7) is 1.02. The zero-order valence-corrected chi connectivity index (χ0v) is 9.64. The molecule has 0 saturated carbocycles. The van der Waals surface area contributed by atoms with Gasteiger partial charge in [-0.3, -0.25) is 4.57 Å². The molecule has 17 heavy (non-hydrogen) atoms. The molecule has 5 N–H and O–H groups in total. The van der Waals surface area contributed by atoms with Gasteiger partial charge in [0.2, 0.25) is 0 Å². The van der Waals surface area contributed by atoms with Crippen LogP contribution >= 0.6 is 0 Å². The van der Waals surface area contributed by atoms with Crippen LogP contribution in [0.1, 0.15) is 0 Å². The maximum Gasteiger partial charge on any atom is 0.419 e. The summed E-state index contributed by atoms with van der Waals surface area (Å²) >= 11 is 0. The van der Waals surface area contributed by atoms with E-state index in [9.17, 15) is 4.79 Å². The first-order valence-electron chi connectivity index (χ1n) is 5.41. The zero-order valence-electron chi connectivity index (χ0n) is 9.64. The summed E-state index contributed by atoms with van der Waals surface area (Å²) in [4.78, 5) is 11.3. The molecule has 6 nitrogen and oxygen atoms in total. The van der Waals surface area contributed by atoms with E-state index in [4.69, 9.17) is 15.9 Å². The molecule has 1 aromatic heterocycles. The van der Waals surface area contributed by atoms with Gasteiger partial charge in [0.25, 0.3) is 0 Å². The number of hydrogen-bond acceptors (Lipinski definition) is 5. The number of rotatable bonds is 4. The lowest BCUT2D eigenvalue weighted by molar-refractivity contribution is 0.528. The molecule has 2 aromatic rings. The van der Waals surface area contributed by atoms with Gasteiger partial charge in [0.05, 0.1) is 5.52 Å². The second kappa shape index (κ2) is 4.60. The zero-order chi connectivity index (χ0) is 12.4. The van der Waals surface area contributed by atoms with Gasteiger partial charge in [-0.1, -0.05) is 0 Å². The molecule has 0 aliphatic heterocycles. The Hall–Kier alpha value is -1.79. The van der Waals surface area contributed by atoms with Crippen molar-refractivity contribution in [2.24, 2.45) is 18.5 Å². The molecule has 0 spiro atoms. The Morgan fingerprint density at radius 3 is 3.00 bits per heavy atom. The van der Waals surface area contributed by atoms with Crippen LogP contribution in [0.2, 0.25) is 0 Å². The van der Waals surface area contributed by atoms with Gasteiger partial charge >= 0.3 is 5.76 Å². The maximum absolute atomic E-state index is 11.3. The number of nitrogens with one attached hydrogen (secondary N) is 1. The predicted molar refractivity (Wildman–Crippen MR) is 67.0 cm³/mol. The van der Waals surface area contributed by atoms with Crippen molar-refractivity contribution in [2.45, 2.75) is 6.04 Å². The third-order valence-corrected chi connectivity index (χ3v) is 2.66. The van der Waals surface area contributed by atoms with Crippen molar-refractivity contribution in [3.05, 3.63) is 28.7 Å². The fraction of sp³-hybridized carbons (Fsp3) is 0.364. The molecule has 0 bridgehead atoms. The molecule has 1 atom stereocenters. The van der Waals surface area contributed by atoms with Crippen molar-refractivity contribution in [3.8, 4) is 0 Å². The van der Waals surface area contributed by atoms with Crippen molar-refractivity contribution >= 4 is 16.8 Å². The van der Waals surface area contributed by atoms with Crippen LogP contribution in [0.4, 0.5) is 5.69 Å². The molecule has 0 fully saturated rings. The number of benzene rings is 1. The van der Waals surface area contributed by atoms with Crippen molar-refractivity contribution < 1.29 is 4.42 Å². The lowest BCUT2D eigenvalue weighted by Crippen LogP contribution is -2.36. The Morgan fingerprint density at radius 1 is 1.53 bits per heavy atom. The molecule has 0 saturated heterocycles. The molecule has 1 aromatic carbocycles. The Balaban J connectivity index is 2.25. The minimum atomic E-state index is -0.365. The van der Waals surface area contributed by atoms with Gasteiger partial charge in [0, 0.05) is 31.9 Å². The number of fused-ring (bicyclic) bond motifs is 1. The highest BCUT2D eigenvalue weighted by atomic mass is 16.4. The number of anilines is 1. The van der Waals surface area contributed by atoms with Gasteiger partial charge in [-0.25, -0.2) is 4.79 Å². The van der Waals surface area contributed by atoms with Gasteiger partial charge in [0.1, 0.15) is 0 Å². The second-order valence-electron chi connectivity index (χ2n) is 3.99. The normalized spacial score (nSPS) is 12.9.